The number of esters is 2. The summed E-state index contributed by atoms with van der Waals surface area (Å²) in [6.45, 7) is 2.91. The number of benzene rings is 2. The van der Waals surface area contributed by atoms with Crippen LogP contribution in [0.25, 0.3) is 6.08 Å². The van der Waals surface area contributed by atoms with Gasteiger partial charge in [0, 0.05) is 5.02 Å². The molecule has 0 aliphatic carbocycles. The number of hydrogen-bond donors (Lipinski definition) is 0. The van der Waals surface area contributed by atoms with Gasteiger partial charge in [-0.3, -0.25) is 19.3 Å². The van der Waals surface area contributed by atoms with Crippen molar-refractivity contribution in [1.29, 1.82) is 0 Å². The SMILES string of the molecule is CC(C)OC(=O)CN1C(=O)S/C(=C\c2cccc(OC(=O)c3cccc(Cl)c3)c2)C1=O. The zero-order valence-corrected chi connectivity index (χ0v) is 18.2. The van der Waals surface area contributed by atoms with Crippen LogP contribution in [0, 0.1) is 0 Å². The van der Waals surface area contributed by atoms with Crippen LogP contribution in [-0.4, -0.2) is 40.6 Å². The van der Waals surface area contributed by atoms with Crippen LogP contribution >= 0.6 is 23.4 Å². The number of carbonyl (C=O) groups is 4. The van der Waals surface area contributed by atoms with Crippen LogP contribution in [0.3, 0.4) is 0 Å². The molecule has 31 heavy (non-hydrogen) atoms. The molecule has 0 aromatic heterocycles. The highest BCUT2D eigenvalue weighted by Gasteiger charge is 2.36. The van der Waals surface area contributed by atoms with Gasteiger partial charge >= 0.3 is 11.9 Å². The summed E-state index contributed by atoms with van der Waals surface area (Å²) in [7, 11) is 0. The van der Waals surface area contributed by atoms with Crippen molar-refractivity contribution in [1.82, 2.24) is 4.90 Å². The Morgan fingerprint density at radius 1 is 1.13 bits per heavy atom. The van der Waals surface area contributed by atoms with E-state index in [9.17, 15) is 19.2 Å². The summed E-state index contributed by atoms with van der Waals surface area (Å²) >= 11 is 6.62. The van der Waals surface area contributed by atoms with Crippen molar-refractivity contribution in [3.63, 3.8) is 0 Å². The molecule has 3 rings (SSSR count). The Hall–Kier alpha value is -3.10. The first-order valence-corrected chi connectivity index (χ1v) is 10.4. The topological polar surface area (TPSA) is 90.0 Å². The van der Waals surface area contributed by atoms with E-state index in [1.54, 1.807) is 56.3 Å². The molecule has 0 saturated carbocycles. The fourth-order valence-electron chi connectivity index (χ4n) is 2.67. The number of carbonyl (C=O) groups excluding carboxylic acids is 4. The zero-order chi connectivity index (χ0) is 22.5. The molecule has 0 atom stereocenters. The maximum absolute atomic E-state index is 12.5. The van der Waals surface area contributed by atoms with Crippen molar-refractivity contribution >= 4 is 52.5 Å². The molecule has 2 aromatic rings. The standard InChI is InChI=1S/C22H18ClNO6S/c1-13(2)29-19(25)12-24-20(26)18(31-22(24)28)10-14-5-3-8-17(9-14)30-21(27)15-6-4-7-16(23)11-15/h3-11,13H,12H2,1-2H3/b18-10-. The van der Waals surface area contributed by atoms with Gasteiger partial charge in [0.15, 0.2) is 0 Å². The highest BCUT2D eigenvalue weighted by molar-refractivity contribution is 8.18. The zero-order valence-electron chi connectivity index (χ0n) is 16.7. The highest BCUT2D eigenvalue weighted by atomic mass is 35.5. The number of rotatable bonds is 6. The first-order chi connectivity index (χ1) is 14.7. The molecule has 0 bridgehead atoms. The molecule has 0 N–H and O–H groups in total. The third kappa shape index (κ3) is 5.96. The Bertz CT molecular complexity index is 1080. The van der Waals surface area contributed by atoms with Gasteiger partial charge in [-0.25, -0.2) is 4.79 Å². The average molecular weight is 460 g/mol. The molecule has 2 amide bonds. The molecular weight excluding hydrogens is 442 g/mol. The monoisotopic (exact) mass is 459 g/mol. The molecule has 1 fully saturated rings. The number of thioether (sulfide) groups is 1. The van der Waals surface area contributed by atoms with Crippen molar-refractivity contribution in [2.45, 2.75) is 20.0 Å². The summed E-state index contributed by atoms with van der Waals surface area (Å²) in [6, 6.07) is 12.9. The average Bonchev–Trinajstić information content (AvgIpc) is 2.95. The van der Waals surface area contributed by atoms with Gasteiger partial charge in [0.25, 0.3) is 11.1 Å². The summed E-state index contributed by atoms with van der Waals surface area (Å²) in [6.07, 6.45) is 1.15. The summed E-state index contributed by atoms with van der Waals surface area (Å²) in [5.41, 5.74) is 0.846. The summed E-state index contributed by atoms with van der Waals surface area (Å²) in [4.78, 5) is 49.8. The molecule has 0 spiro atoms. The lowest BCUT2D eigenvalue weighted by atomic mass is 10.2. The second-order valence-electron chi connectivity index (χ2n) is 6.78. The smallest absolute Gasteiger partial charge is 0.343 e. The van der Waals surface area contributed by atoms with Crippen molar-refractivity contribution in [3.05, 3.63) is 69.6 Å². The normalized spacial score (nSPS) is 15.0. The fraction of sp³-hybridized carbons (Fsp3) is 0.182. The van der Waals surface area contributed by atoms with E-state index in [1.165, 1.54) is 12.1 Å². The maximum atomic E-state index is 12.5. The summed E-state index contributed by atoms with van der Waals surface area (Å²) < 4.78 is 10.4. The largest absolute Gasteiger partial charge is 0.462 e. The quantitative estimate of drug-likeness (QED) is 0.355. The van der Waals surface area contributed by atoms with Gasteiger partial charge in [0.05, 0.1) is 16.6 Å². The third-order valence-corrected chi connectivity index (χ3v) is 5.10. The Morgan fingerprint density at radius 2 is 1.87 bits per heavy atom. The van der Waals surface area contributed by atoms with E-state index in [-0.39, 0.29) is 16.8 Å². The predicted octanol–water partition coefficient (Wildman–Crippen LogP) is 4.55. The summed E-state index contributed by atoms with van der Waals surface area (Å²) in [5.74, 6) is -1.56. The van der Waals surface area contributed by atoms with Gasteiger partial charge in [0.1, 0.15) is 12.3 Å². The Morgan fingerprint density at radius 3 is 2.58 bits per heavy atom. The lowest BCUT2D eigenvalue weighted by Gasteiger charge is -2.13. The second kappa shape index (κ2) is 9.80. The lowest BCUT2D eigenvalue weighted by Crippen LogP contribution is -2.35. The van der Waals surface area contributed by atoms with Gasteiger partial charge in [-0.15, -0.1) is 0 Å². The minimum Gasteiger partial charge on any atom is -0.462 e. The molecule has 0 radical (unpaired) electrons. The Balaban J connectivity index is 1.72. The van der Waals surface area contributed by atoms with E-state index in [0.29, 0.717) is 16.1 Å². The third-order valence-electron chi connectivity index (χ3n) is 3.95. The molecule has 1 saturated heterocycles. The number of amides is 2. The van der Waals surface area contributed by atoms with Gasteiger partial charge in [-0.1, -0.05) is 29.8 Å². The predicted molar refractivity (Wildman–Crippen MR) is 117 cm³/mol. The van der Waals surface area contributed by atoms with E-state index in [1.807, 2.05) is 0 Å². The van der Waals surface area contributed by atoms with E-state index >= 15 is 0 Å². The van der Waals surface area contributed by atoms with E-state index in [2.05, 4.69) is 0 Å². The number of ether oxygens (including phenoxy) is 2. The van der Waals surface area contributed by atoms with Gasteiger partial charge in [-0.2, -0.15) is 0 Å². The van der Waals surface area contributed by atoms with Crippen molar-refractivity contribution in [2.24, 2.45) is 0 Å². The number of halogens is 1. The molecule has 1 aliphatic heterocycles. The number of nitrogens with zero attached hydrogens (tertiary/aromatic N) is 1. The van der Waals surface area contributed by atoms with Crippen LogP contribution in [0.5, 0.6) is 5.75 Å². The van der Waals surface area contributed by atoms with Crippen LogP contribution in [0.15, 0.2) is 53.4 Å². The van der Waals surface area contributed by atoms with Crippen molar-refractivity contribution < 1.29 is 28.7 Å². The van der Waals surface area contributed by atoms with Gasteiger partial charge in [-0.05, 0) is 67.6 Å². The van der Waals surface area contributed by atoms with Crippen LogP contribution in [0.2, 0.25) is 5.02 Å². The van der Waals surface area contributed by atoms with E-state index in [4.69, 9.17) is 21.1 Å². The molecular formula is C22H18ClNO6S. The Labute approximate surface area is 188 Å². The molecule has 9 heteroatoms. The number of hydrogen-bond acceptors (Lipinski definition) is 7. The molecule has 160 valence electrons. The fourth-order valence-corrected chi connectivity index (χ4v) is 3.69. The minimum atomic E-state index is -0.659. The van der Waals surface area contributed by atoms with Gasteiger partial charge in [0.2, 0.25) is 0 Å². The number of imide groups is 1. The molecule has 1 heterocycles. The molecule has 0 unspecified atom stereocenters. The minimum absolute atomic E-state index is 0.153. The Kier molecular flexibility index (Phi) is 7.14. The first kappa shape index (κ1) is 22.6. The lowest BCUT2D eigenvalue weighted by molar-refractivity contribution is -0.149. The van der Waals surface area contributed by atoms with Crippen molar-refractivity contribution in [3.8, 4) is 5.75 Å². The van der Waals surface area contributed by atoms with Crippen LogP contribution in [0.1, 0.15) is 29.8 Å². The molecule has 7 nitrogen and oxygen atoms in total. The van der Waals surface area contributed by atoms with Crippen LogP contribution in [-0.2, 0) is 14.3 Å². The van der Waals surface area contributed by atoms with Crippen LogP contribution in [0.4, 0.5) is 4.79 Å². The summed E-state index contributed by atoms with van der Waals surface area (Å²) in [5, 5.41) is -0.142. The first-order valence-electron chi connectivity index (χ1n) is 9.25. The van der Waals surface area contributed by atoms with Crippen molar-refractivity contribution in [2.75, 3.05) is 6.54 Å². The van der Waals surface area contributed by atoms with Gasteiger partial charge < -0.3 is 9.47 Å². The van der Waals surface area contributed by atoms with E-state index < -0.39 is 29.6 Å². The highest BCUT2D eigenvalue weighted by Crippen LogP contribution is 2.32. The molecule has 1 aliphatic rings. The molecule has 2 aromatic carbocycles. The van der Waals surface area contributed by atoms with Crippen LogP contribution < -0.4 is 4.74 Å². The van der Waals surface area contributed by atoms with E-state index in [0.717, 1.165) is 16.7 Å². The maximum Gasteiger partial charge on any atom is 0.343 e. The second-order valence-corrected chi connectivity index (χ2v) is 8.21.